The average molecular weight is 533 g/mol. The van der Waals surface area contributed by atoms with Crippen molar-refractivity contribution in [1.29, 1.82) is 0 Å². The third-order valence-electron chi connectivity index (χ3n) is 5.36. The van der Waals surface area contributed by atoms with Gasteiger partial charge in [0.05, 0.1) is 16.2 Å². The lowest BCUT2D eigenvalue weighted by Crippen LogP contribution is -2.60. The Balaban J connectivity index is 2.22. The molecule has 0 saturated carbocycles. The number of isothiocyanates is 1. The standard InChI is InChI=1S/C24H24N2O10S/c1-12(27)32-10-19-20(33-13(2)28)21(34-14(3)29)22(35-15(4)30)24(36-19)26-9-17(23(31)25-11-37)16-7-5-6-8-18(16)26/h5-9,19-22,24H,10H2,1-4H3/t19-,20-,21+,22-,24-/m1/s1. The van der Waals surface area contributed by atoms with E-state index < -0.39 is 60.4 Å². The predicted molar refractivity (Wildman–Crippen MR) is 128 cm³/mol. The van der Waals surface area contributed by atoms with Crippen molar-refractivity contribution in [1.82, 2.24) is 4.57 Å². The number of esters is 4. The molecule has 0 unspecified atom stereocenters. The molecule has 1 aromatic carbocycles. The number of amides is 1. The van der Waals surface area contributed by atoms with Crippen LogP contribution in [0.2, 0.25) is 0 Å². The fourth-order valence-electron chi connectivity index (χ4n) is 4.12. The van der Waals surface area contributed by atoms with Gasteiger partial charge >= 0.3 is 23.9 Å². The van der Waals surface area contributed by atoms with Crippen LogP contribution in [0, 0.1) is 0 Å². The largest absolute Gasteiger partial charge is 0.463 e. The van der Waals surface area contributed by atoms with Crippen LogP contribution >= 0.6 is 12.2 Å². The van der Waals surface area contributed by atoms with Gasteiger partial charge in [-0.1, -0.05) is 18.2 Å². The molecular formula is C24H24N2O10S. The zero-order valence-electron chi connectivity index (χ0n) is 20.4. The first-order valence-electron chi connectivity index (χ1n) is 11.1. The monoisotopic (exact) mass is 532 g/mol. The number of thiocarbonyl (C=S) groups is 1. The molecule has 1 aliphatic heterocycles. The number of aliphatic imine (C=N–C) groups is 1. The van der Waals surface area contributed by atoms with Crippen LogP contribution in [0.1, 0.15) is 44.3 Å². The van der Waals surface area contributed by atoms with E-state index in [1.54, 1.807) is 24.3 Å². The molecule has 1 aliphatic rings. The summed E-state index contributed by atoms with van der Waals surface area (Å²) in [6, 6.07) is 6.77. The van der Waals surface area contributed by atoms with Gasteiger partial charge in [-0.2, -0.15) is 4.99 Å². The second-order valence-corrected chi connectivity index (χ2v) is 8.25. The van der Waals surface area contributed by atoms with Gasteiger partial charge in [-0.15, -0.1) is 0 Å². The van der Waals surface area contributed by atoms with Crippen molar-refractivity contribution in [3.8, 4) is 0 Å². The van der Waals surface area contributed by atoms with Crippen molar-refractivity contribution >= 4 is 58.1 Å². The van der Waals surface area contributed by atoms with Gasteiger partial charge in [0.15, 0.2) is 24.5 Å². The van der Waals surface area contributed by atoms with Gasteiger partial charge in [0.25, 0.3) is 5.91 Å². The van der Waals surface area contributed by atoms with Crippen molar-refractivity contribution < 1.29 is 47.7 Å². The van der Waals surface area contributed by atoms with E-state index in [1.165, 1.54) is 17.7 Å². The molecule has 0 spiro atoms. The van der Waals surface area contributed by atoms with Gasteiger partial charge in [-0.25, -0.2) is 0 Å². The SMILES string of the molecule is CC(=O)OC[C@H]1O[C@@H](n2cc(C(=O)N=C=S)c3ccccc32)[C@H](OC(C)=O)[C@@H](OC(C)=O)[C@@H]1OC(C)=O. The second kappa shape index (κ2) is 11.9. The number of carbonyl (C=O) groups is 5. The van der Waals surface area contributed by atoms with Crippen LogP contribution in [0.3, 0.4) is 0 Å². The molecule has 2 aromatic rings. The molecular weight excluding hydrogens is 508 g/mol. The summed E-state index contributed by atoms with van der Waals surface area (Å²) in [7, 11) is 0. The Morgan fingerprint density at radius 1 is 0.919 bits per heavy atom. The number of rotatable bonds is 7. The second-order valence-electron chi connectivity index (χ2n) is 8.07. The van der Waals surface area contributed by atoms with Crippen molar-refractivity contribution in [3.05, 3.63) is 36.0 Å². The molecule has 1 fully saturated rings. The summed E-state index contributed by atoms with van der Waals surface area (Å²) in [6.45, 7) is 4.21. The normalized spacial score (nSPS) is 22.9. The zero-order valence-corrected chi connectivity index (χ0v) is 21.2. The van der Waals surface area contributed by atoms with Gasteiger partial charge in [-0.05, 0) is 18.3 Å². The number of hydrogen-bond acceptors (Lipinski definition) is 11. The van der Waals surface area contributed by atoms with E-state index in [1.807, 2.05) is 5.16 Å². The summed E-state index contributed by atoms with van der Waals surface area (Å²) in [6.07, 6.45) is -4.94. The molecule has 12 nitrogen and oxygen atoms in total. The number of ether oxygens (including phenoxy) is 5. The smallest absolute Gasteiger partial charge is 0.303 e. The van der Waals surface area contributed by atoms with Crippen molar-refractivity contribution in [2.75, 3.05) is 6.61 Å². The van der Waals surface area contributed by atoms with Crippen molar-refractivity contribution in [2.24, 2.45) is 4.99 Å². The maximum absolute atomic E-state index is 12.6. The molecule has 2 heterocycles. The highest BCUT2D eigenvalue weighted by Crippen LogP contribution is 2.37. The maximum Gasteiger partial charge on any atom is 0.303 e. The maximum atomic E-state index is 12.6. The van der Waals surface area contributed by atoms with Crippen LogP contribution in [0.5, 0.6) is 0 Å². The van der Waals surface area contributed by atoms with Gasteiger partial charge in [0, 0.05) is 39.3 Å². The summed E-state index contributed by atoms with van der Waals surface area (Å²) in [5, 5.41) is 2.52. The molecule has 0 bridgehead atoms. The van der Waals surface area contributed by atoms with Crippen LogP contribution in [0.4, 0.5) is 0 Å². The highest BCUT2D eigenvalue weighted by molar-refractivity contribution is 7.78. The number of nitrogens with zero attached hydrogens (tertiary/aromatic N) is 2. The quantitative estimate of drug-likeness (QED) is 0.223. The van der Waals surface area contributed by atoms with E-state index in [9.17, 15) is 24.0 Å². The summed E-state index contributed by atoms with van der Waals surface area (Å²) < 4.78 is 29.2. The van der Waals surface area contributed by atoms with E-state index >= 15 is 0 Å². The van der Waals surface area contributed by atoms with Crippen molar-refractivity contribution in [2.45, 2.75) is 58.3 Å². The number of aromatic nitrogens is 1. The third-order valence-corrected chi connectivity index (χ3v) is 5.45. The van der Waals surface area contributed by atoms with Gasteiger partial charge < -0.3 is 28.3 Å². The van der Waals surface area contributed by atoms with Gasteiger partial charge in [0.2, 0.25) is 0 Å². The molecule has 0 N–H and O–H groups in total. The first-order valence-corrected chi connectivity index (χ1v) is 11.5. The van der Waals surface area contributed by atoms with Crippen molar-refractivity contribution in [3.63, 3.8) is 0 Å². The van der Waals surface area contributed by atoms with Crippen LogP contribution in [-0.2, 0) is 42.9 Å². The Hall–Kier alpha value is -3.93. The molecule has 0 radical (unpaired) electrons. The number of benzene rings is 1. The predicted octanol–water partition coefficient (Wildman–Crippen LogP) is 2.14. The highest BCUT2D eigenvalue weighted by Gasteiger charge is 2.53. The summed E-state index contributed by atoms with van der Waals surface area (Å²) in [5.74, 6) is -3.54. The van der Waals surface area contributed by atoms with Crippen LogP contribution in [0.15, 0.2) is 35.5 Å². The van der Waals surface area contributed by atoms with E-state index in [4.69, 9.17) is 23.7 Å². The minimum Gasteiger partial charge on any atom is -0.463 e. The van der Waals surface area contributed by atoms with E-state index in [0.29, 0.717) is 10.9 Å². The first kappa shape index (κ1) is 27.7. The van der Waals surface area contributed by atoms with E-state index in [2.05, 4.69) is 17.2 Å². The minimum absolute atomic E-state index is 0.154. The molecule has 13 heteroatoms. The average Bonchev–Trinajstić information content (AvgIpc) is 3.19. The topological polar surface area (TPSA) is 149 Å². The molecule has 196 valence electrons. The third kappa shape index (κ3) is 6.45. The molecule has 37 heavy (non-hydrogen) atoms. The Labute approximate surface area is 216 Å². The Bertz CT molecular complexity index is 1280. The molecule has 1 amide bonds. The first-order chi connectivity index (χ1) is 17.5. The number of carbonyl (C=O) groups excluding carboxylic acids is 5. The fourth-order valence-corrected chi connectivity index (χ4v) is 4.20. The number of hydrogen-bond donors (Lipinski definition) is 0. The highest BCUT2D eigenvalue weighted by atomic mass is 32.1. The Kier molecular flexibility index (Phi) is 8.87. The molecule has 5 atom stereocenters. The summed E-state index contributed by atoms with van der Waals surface area (Å²) in [4.78, 5) is 63.8. The fraction of sp³-hybridized carbons (Fsp3) is 0.417. The van der Waals surface area contributed by atoms with Gasteiger partial charge in [-0.3, -0.25) is 24.0 Å². The number of fused-ring (bicyclic) bond motifs is 1. The van der Waals surface area contributed by atoms with E-state index in [0.717, 1.165) is 20.8 Å². The zero-order chi connectivity index (χ0) is 27.3. The number of para-hydroxylation sites is 1. The molecule has 3 rings (SSSR count). The molecule has 1 aromatic heterocycles. The van der Waals surface area contributed by atoms with E-state index in [-0.39, 0.29) is 12.2 Å². The van der Waals surface area contributed by atoms with Crippen LogP contribution < -0.4 is 0 Å². The molecule has 1 saturated heterocycles. The lowest BCUT2D eigenvalue weighted by atomic mass is 9.97. The molecule has 0 aliphatic carbocycles. The summed E-state index contributed by atoms with van der Waals surface area (Å²) >= 11 is 4.56. The lowest BCUT2D eigenvalue weighted by molar-refractivity contribution is -0.267. The van der Waals surface area contributed by atoms with Crippen LogP contribution in [0.25, 0.3) is 10.9 Å². The lowest BCUT2D eigenvalue weighted by Gasteiger charge is -2.44. The minimum atomic E-state index is -1.36. The summed E-state index contributed by atoms with van der Waals surface area (Å²) in [5.41, 5.74) is 0.632. The Morgan fingerprint density at radius 2 is 1.51 bits per heavy atom. The van der Waals surface area contributed by atoms with Gasteiger partial charge in [0.1, 0.15) is 12.7 Å². The van der Waals surface area contributed by atoms with Crippen LogP contribution in [-0.4, -0.2) is 70.5 Å². The Morgan fingerprint density at radius 3 is 2.11 bits per heavy atom.